The summed E-state index contributed by atoms with van der Waals surface area (Å²) in [6, 6.07) is 59.4. The van der Waals surface area contributed by atoms with Gasteiger partial charge in [-0.3, -0.25) is 0 Å². The Bertz CT molecular complexity index is 2990. The molecule has 3 heteroatoms. The Morgan fingerprint density at radius 1 is 0.407 bits per heavy atom. The summed E-state index contributed by atoms with van der Waals surface area (Å²) in [6.07, 6.45) is 10.8. The second-order valence-corrected chi connectivity index (χ2v) is 19.5. The summed E-state index contributed by atoms with van der Waals surface area (Å²) in [4.78, 5) is 5.30. The molecule has 6 atom stereocenters. The van der Waals surface area contributed by atoms with E-state index in [0.29, 0.717) is 0 Å². The van der Waals surface area contributed by atoms with Gasteiger partial charge in [0.15, 0.2) is 0 Å². The number of para-hydroxylation sites is 2. The molecule has 0 radical (unpaired) electrons. The van der Waals surface area contributed by atoms with Gasteiger partial charge in [-0.2, -0.15) is 0 Å². The van der Waals surface area contributed by atoms with E-state index in [1.807, 2.05) is 0 Å². The molecule has 2 spiro atoms. The van der Waals surface area contributed by atoms with Gasteiger partial charge in [-0.25, -0.2) is 0 Å². The van der Waals surface area contributed by atoms with Gasteiger partial charge in [-0.1, -0.05) is 122 Å². The van der Waals surface area contributed by atoms with E-state index in [0.717, 1.165) is 23.7 Å². The average molecular weight is 757 g/mol. The van der Waals surface area contributed by atoms with Crippen LogP contribution in [-0.4, -0.2) is 6.71 Å². The zero-order valence-electron chi connectivity index (χ0n) is 33.4. The fourth-order valence-corrected chi connectivity index (χ4v) is 15.6. The van der Waals surface area contributed by atoms with Crippen LogP contribution in [0.5, 0.6) is 0 Å². The number of rotatable bonds is 2. The molecular formula is C56H45BN2. The third kappa shape index (κ3) is 3.71. The van der Waals surface area contributed by atoms with Crippen molar-refractivity contribution >= 4 is 57.2 Å². The van der Waals surface area contributed by atoms with E-state index in [9.17, 15) is 0 Å². The van der Waals surface area contributed by atoms with Gasteiger partial charge >= 0.3 is 0 Å². The van der Waals surface area contributed by atoms with Crippen LogP contribution in [0, 0.1) is 23.7 Å². The molecule has 59 heavy (non-hydrogen) atoms. The number of hydrogen-bond acceptors (Lipinski definition) is 2. The Morgan fingerprint density at radius 3 is 1.64 bits per heavy atom. The maximum absolute atomic E-state index is 2.75. The average Bonchev–Trinajstić information content (AvgIpc) is 4.17. The number of benzene rings is 7. The van der Waals surface area contributed by atoms with Crippen LogP contribution in [0.3, 0.4) is 0 Å². The van der Waals surface area contributed by atoms with Gasteiger partial charge in [-0.15, -0.1) is 0 Å². The molecule has 0 amide bonds. The lowest BCUT2D eigenvalue weighted by Gasteiger charge is -2.45. The minimum atomic E-state index is 0.0984. The lowest BCUT2D eigenvalue weighted by Crippen LogP contribution is -2.62. The van der Waals surface area contributed by atoms with Gasteiger partial charge < -0.3 is 9.80 Å². The SMILES string of the molecule is c1ccc(N2c3ccccc3B3c4c2cccc4N(c2cccc4c2-c2ccccc2[C@@]42C[C@@H]4CCC2C4)c2ccc4c(c23)-c2ccccc2[C@@]42CC3CCC2C3)cc1. The van der Waals surface area contributed by atoms with Crippen LogP contribution in [0.2, 0.25) is 0 Å². The van der Waals surface area contributed by atoms with Crippen LogP contribution in [-0.2, 0) is 10.8 Å². The topological polar surface area (TPSA) is 6.48 Å². The molecular weight excluding hydrogens is 711 g/mol. The Morgan fingerprint density at radius 2 is 0.949 bits per heavy atom. The summed E-state index contributed by atoms with van der Waals surface area (Å²) in [5.41, 5.74) is 24.7. The monoisotopic (exact) mass is 756 g/mol. The van der Waals surface area contributed by atoms with Crippen LogP contribution < -0.4 is 26.2 Å². The van der Waals surface area contributed by atoms with Gasteiger partial charge in [0.1, 0.15) is 0 Å². The second kappa shape index (κ2) is 11.1. The fourth-order valence-electron chi connectivity index (χ4n) is 15.6. The zero-order valence-corrected chi connectivity index (χ0v) is 33.4. The molecule has 0 N–H and O–H groups in total. The van der Waals surface area contributed by atoms with Crippen molar-refractivity contribution in [3.05, 3.63) is 174 Å². The highest BCUT2D eigenvalue weighted by molar-refractivity contribution is 7.01. The molecule has 2 nitrogen and oxygen atoms in total. The highest BCUT2D eigenvalue weighted by Gasteiger charge is 2.60. The van der Waals surface area contributed by atoms with Crippen molar-refractivity contribution in [2.24, 2.45) is 23.7 Å². The first kappa shape index (κ1) is 32.1. The van der Waals surface area contributed by atoms with Crippen molar-refractivity contribution in [2.45, 2.75) is 62.2 Å². The van der Waals surface area contributed by atoms with E-state index in [2.05, 4.69) is 161 Å². The molecule has 3 unspecified atom stereocenters. The van der Waals surface area contributed by atoms with E-state index in [1.165, 1.54) is 124 Å². The van der Waals surface area contributed by atoms with Gasteiger partial charge in [0, 0.05) is 44.8 Å². The van der Waals surface area contributed by atoms with Gasteiger partial charge in [0.2, 0.25) is 0 Å². The van der Waals surface area contributed by atoms with E-state index >= 15 is 0 Å². The van der Waals surface area contributed by atoms with Gasteiger partial charge in [0.25, 0.3) is 6.71 Å². The molecule has 4 saturated carbocycles. The zero-order chi connectivity index (χ0) is 38.2. The molecule has 0 aromatic heterocycles. The van der Waals surface area contributed by atoms with E-state index < -0.39 is 0 Å². The Labute approximate surface area is 347 Å². The van der Waals surface area contributed by atoms with Crippen LogP contribution in [0.25, 0.3) is 22.3 Å². The molecule has 2 heterocycles. The largest absolute Gasteiger partial charge is 0.311 e. The minimum Gasteiger partial charge on any atom is -0.311 e. The normalized spacial score (nSPS) is 27.5. The van der Waals surface area contributed by atoms with Crippen LogP contribution in [0.4, 0.5) is 34.1 Å². The Balaban J connectivity index is 1.07. The molecule has 4 bridgehead atoms. The van der Waals surface area contributed by atoms with Crippen molar-refractivity contribution in [1.29, 1.82) is 0 Å². The highest BCUT2D eigenvalue weighted by Crippen LogP contribution is 2.68. The second-order valence-electron chi connectivity index (χ2n) is 19.5. The number of hydrogen-bond donors (Lipinski definition) is 0. The summed E-state index contributed by atoms with van der Waals surface area (Å²) in [7, 11) is 0. The smallest absolute Gasteiger partial charge is 0.252 e. The summed E-state index contributed by atoms with van der Waals surface area (Å²) in [6.45, 7) is 0.0984. The molecule has 2 aliphatic heterocycles. The lowest BCUT2D eigenvalue weighted by molar-refractivity contribution is 0.327. The summed E-state index contributed by atoms with van der Waals surface area (Å²) < 4.78 is 0. The maximum atomic E-state index is 2.75. The van der Waals surface area contributed by atoms with Crippen LogP contribution in [0.1, 0.15) is 73.6 Å². The molecule has 7 aromatic rings. The highest BCUT2D eigenvalue weighted by atomic mass is 15.2. The predicted octanol–water partition coefficient (Wildman–Crippen LogP) is 11.9. The Kier molecular flexibility index (Phi) is 6.02. The molecule has 4 fully saturated rings. The minimum absolute atomic E-state index is 0.0984. The molecule has 15 rings (SSSR count). The van der Waals surface area contributed by atoms with Crippen molar-refractivity contribution in [2.75, 3.05) is 9.80 Å². The first-order chi connectivity index (χ1) is 29.2. The first-order valence-corrected chi connectivity index (χ1v) is 22.6. The predicted molar refractivity (Wildman–Crippen MR) is 244 cm³/mol. The maximum Gasteiger partial charge on any atom is 0.252 e. The van der Waals surface area contributed by atoms with E-state index in [1.54, 1.807) is 22.3 Å². The summed E-state index contributed by atoms with van der Waals surface area (Å²) in [5, 5.41) is 0. The molecule has 8 aliphatic rings. The number of fused-ring (bicyclic) bond motifs is 21. The van der Waals surface area contributed by atoms with Gasteiger partial charge in [0.05, 0.1) is 5.69 Å². The van der Waals surface area contributed by atoms with Crippen LogP contribution in [0.15, 0.2) is 152 Å². The third-order valence-corrected chi connectivity index (χ3v) is 17.4. The van der Waals surface area contributed by atoms with Crippen LogP contribution >= 0.6 is 0 Å². The number of anilines is 6. The summed E-state index contributed by atoms with van der Waals surface area (Å²) >= 11 is 0. The van der Waals surface area contributed by atoms with Crippen molar-refractivity contribution in [1.82, 2.24) is 0 Å². The quantitative estimate of drug-likeness (QED) is 0.162. The van der Waals surface area contributed by atoms with E-state index in [-0.39, 0.29) is 17.5 Å². The number of nitrogens with zero attached hydrogens (tertiary/aromatic N) is 2. The molecule has 0 saturated heterocycles. The fraction of sp³-hybridized carbons (Fsp3) is 0.250. The molecule has 7 aromatic carbocycles. The lowest BCUT2D eigenvalue weighted by atomic mass is 9.32. The third-order valence-electron chi connectivity index (χ3n) is 17.4. The molecule has 6 aliphatic carbocycles. The summed E-state index contributed by atoms with van der Waals surface area (Å²) in [5.74, 6) is 3.11. The van der Waals surface area contributed by atoms with E-state index in [4.69, 9.17) is 0 Å². The van der Waals surface area contributed by atoms with Crippen molar-refractivity contribution in [3.63, 3.8) is 0 Å². The van der Waals surface area contributed by atoms with Gasteiger partial charge in [-0.05, 0) is 160 Å². The van der Waals surface area contributed by atoms with Crippen molar-refractivity contribution < 1.29 is 0 Å². The first-order valence-electron chi connectivity index (χ1n) is 22.6. The standard InChI is InChI=1S/C56H45BN2/c1-2-12-38(13-3-1)58-46-20-9-8-19-45(46)57-53-48(58)22-11-23-49(53)59(47-21-10-18-43-51(47)39-14-4-6-16-41(39)55(43)32-34-24-26-36(55)30-34)50-29-28-44-52(54(50)57)40-15-5-7-17-42(40)56(44)33-35-25-27-37(56)31-35/h1-23,28-29,34-37H,24-27,30-33H2/t34-,35?,36?,37?,55+,56+/m1/s1. The Hall–Kier alpha value is -5.80. The van der Waals surface area contributed by atoms with Crippen molar-refractivity contribution in [3.8, 4) is 22.3 Å². The molecule has 282 valence electrons.